The maximum atomic E-state index is 12.7. The summed E-state index contributed by atoms with van der Waals surface area (Å²) in [5.74, 6) is 0.341. The van der Waals surface area contributed by atoms with Crippen LogP contribution < -0.4 is 5.32 Å². The van der Waals surface area contributed by atoms with Crippen LogP contribution in [0.4, 0.5) is 5.13 Å². The first-order valence-electron chi connectivity index (χ1n) is 9.56. The van der Waals surface area contributed by atoms with Crippen molar-refractivity contribution in [2.75, 3.05) is 5.32 Å². The summed E-state index contributed by atoms with van der Waals surface area (Å²) in [6.07, 6.45) is 0. The Kier molecular flexibility index (Phi) is 6.04. The summed E-state index contributed by atoms with van der Waals surface area (Å²) in [5, 5.41) is 13.0. The number of aryl methyl sites for hydroxylation is 3. The molecule has 4 aromatic rings. The van der Waals surface area contributed by atoms with E-state index in [-0.39, 0.29) is 12.5 Å². The number of rotatable bonds is 5. The molecule has 4 rings (SSSR count). The quantitative estimate of drug-likeness (QED) is 0.354. The van der Waals surface area contributed by atoms with E-state index in [0.29, 0.717) is 20.7 Å². The standard InChI is InChI=1S/C22H20ClN5OS2/c1-12-8-13(2)19(14(3)9-12)17-11-31-21(24-17)25-18(29)10-28-20(26-27-22(28)30)15-4-6-16(23)7-5-15/h4-9,11H,10H2,1-3H3,(H,27,30)(H,24,25,29). The highest BCUT2D eigenvalue weighted by Crippen LogP contribution is 2.31. The molecule has 0 aliphatic carbocycles. The Hall–Kier alpha value is -2.81. The Morgan fingerprint density at radius 1 is 1.19 bits per heavy atom. The third kappa shape index (κ3) is 4.61. The van der Waals surface area contributed by atoms with Crippen LogP contribution in [0, 0.1) is 25.5 Å². The van der Waals surface area contributed by atoms with Crippen molar-refractivity contribution in [2.24, 2.45) is 0 Å². The molecule has 0 bridgehead atoms. The fourth-order valence-electron chi connectivity index (χ4n) is 3.62. The summed E-state index contributed by atoms with van der Waals surface area (Å²) in [4.78, 5) is 17.3. The van der Waals surface area contributed by atoms with Crippen LogP contribution in [0.5, 0.6) is 0 Å². The second-order valence-electron chi connectivity index (χ2n) is 7.31. The fraction of sp³-hybridized carbons (Fsp3) is 0.182. The highest BCUT2D eigenvalue weighted by molar-refractivity contribution is 7.71. The number of halogens is 1. The van der Waals surface area contributed by atoms with Crippen LogP contribution in [0.2, 0.25) is 5.02 Å². The Labute approximate surface area is 193 Å². The zero-order valence-electron chi connectivity index (χ0n) is 17.2. The lowest BCUT2D eigenvalue weighted by Crippen LogP contribution is -2.19. The summed E-state index contributed by atoms with van der Waals surface area (Å²) < 4.78 is 2.02. The first-order chi connectivity index (χ1) is 14.8. The summed E-state index contributed by atoms with van der Waals surface area (Å²) in [7, 11) is 0. The Bertz CT molecular complexity index is 1300. The van der Waals surface area contributed by atoms with Crippen LogP contribution in [-0.2, 0) is 11.3 Å². The second kappa shape index (κ2) is 8.74. The smallest absolute Gasteiger partial charge is 0.246 e. The van der Waals surface area contributed by atoms with Crippen LogP contribution >= 0.6 is 35.2 Å². The number of thiazole rings is 1. The van der Waals surface area contributed by atoms with Crippen molar-refractivity contribution >= 4 is 46.2 Å². The zero-order valence-corrected chi connectivity index (χ0v) is 19.6. The highest BCUT2D eigenvalue weighted by Gasteiger charge is 2.15. The van der Waals surface area contributed by atoms with Gasteiger partial charge < -0.3 is 5.32 Å². The molecule has 0 atom stereocenters. The average Bonchev–Trinajstić information content (AvgIpc) is 3.29. The molecule has 2 aromatic carbocycles. The van der Waals surface area contributed by atoms with E-state index >= 15 is 0 Å². The van der Waals surface area contributed by atoms with Gasteiger partial charge in [-0.25, -0.2) is 4.98 Å². The number of H-pyrrole nitrogens is 1. The molecule has 0 aliphatic heterocycles. The molecule has 9 heteroatoms. The fourth-order valence-corrected chi connectivity index (χ4v) is 4.66. The lowest BCUT2D eigenvalue weighted by Gasteiger charge is -2.09. The van der Waals surface area contributed by atoms with E-state index in [0.717, 1.165) is 27.9 Å². The van der Waals surface area contributed by atoms with Gasteiger partial charge in [0.05, 0.1) is 5.69 Å². The van der Waals surface area contributed by atoms with Crippen molar-refractivity contribution in [3.8, 4) is 22.6 Å². The van der Waals surface area contributed by atoms with Gasteiger partial charge >= 0.3 is 0 Å². The molecule has 0 saturated heterocycles. The van der Waals surface area contributed by atoms with Gasteiger partial charge in [-0.05, 0) is 68.4 Å². The minimum absolute atomic E-state index is 0.0186. The predicted octanol–water partition coefficient (Wildman–Crippen LogP) is 5.95. The predicted molar refractivity (Wildman–Crippen MR) is 128 cm³/mol. The van der Waals surface area contributed by atoms with Gasteiger partial charge in [-0.1, -0.05) is 29.3 Å². The minimum atomic E-state index is -0.231. The van der Waals surface area contributed by atoms with Crippen molar-refractivity contribution in [1.29, 1.82) is 0 Å². The highest BCUT2D eigenvalue weighted by atomic mass is 35.5. The average molecular weight is 470 g/mol. The number of carbonyl (C=O) groups excluding carboxylic acids is 1. The second-order valence-corrected chi connectivity index (χ2v) is 8.99. The van der Waals surface area contributed by atoms with Gasteiger partial charge in [0.2, 0.25) is 5.91 Å². The first-order valence-corrected chi connectivity index (χ1v) is 11.2. The topological polar surface area (TPSA) is 75.6 Å². The molecule has 0 aliphatic rings. The lowest BCUT2D eigenvalue weighted by atomic mass is 9.98. The molecule has 158 valence electrons. The molecule has 2 heterocycles. The van der Waals surface area contributed by atoms with Crippen molar-refractivity contribution < 1.29 is 4.79 Å². The summed E-state index contributed by atoms with van der Waals surface area (Å²) >= 11 is 12.7. The Morgan fingerprint density at radius 3 is 2.55 bits per heavy atom. The normalized spacial score (nSPS) is 11.0. The van der Waals surface area contributed by atoms with Gasteiger partial charge in [0, 0.05) is 21.5 Å². The molecule has 1 amide bonds. The van der Waals surface area contributed by atoms with Crippen LogP contribution in [0.15, 0.2) is 41.8 Å². The van der Waals surface area contributed by atoms with E-state index in [1.165, 1.54) is 16.9 Å². The largest absolute Gasteiger partial charge is 0.300 e. The number of nitrogens with zero attached hydrogens (tertiary/aromatic N) is 3. The van der Waals surface area contributed by atoms with Crippen molar-refractivity contribution in [3.63, 3.8) is 0 Å². The van der Waals surface area contributed by atoms with Gasteiger partial charge in [0.25, 0.3) is 0 Å². The van der Waals surface area contributed by atoms with Crippen molar-refractivity contribution in [3.05, 3.63) is 68.3 Å². The molecule has 2 N–H and O–H groups in total. The van der Waals surface area contributed by atoms with E-state index in [1.54, 1.807) is 16.7 Å². The molecule has 0 saturated carbocycles. The van der Waals surface area contributed by atoms with Crippen molar-refractivity contribution in [2.45, 2.75) is 27.3 Å². The maximum Gasteiger partial charge on any atom is 0.246 e. The first kappa shape index (κ1) is 21.4. The molecule has 6 nitrogen and oxygen atoms in total. The third-order valence-corrected chi connectivity index (χ3v) is 6.17. The zero-order chi connectivity index (χ0) is 22.1. The van der Waals surface area contributed by atoms with Gasteiger partial charge in [-0.2, -0.15) is 5.10 Å². The Balaban J connectivity index is 1.53. The number of hydrogen-bond acceptors (Lipinski definition) is 5. The summed E-state index contributed by atoms with van der Waals surface area (Å²) in [5.41, 5.74) is 6.32. The molecule has 2 aromatic heterocycles. The number of aromatic nitrogens is 4. The SMILES string of the molecule is Cc1cc(C)c(-c2csc(NC(=O)Cn3c(-c4ccc(Cl)cc4)n[nH]c3=S)n2)c(C)c1. The summed E-state index contributed by atoms with van der Waals surface area (Å²) in [6, 6.07) is 11.5. The maximum absolute atomic E-state index is 12.7. The molecule has 0 spiro atoms. The van der Waals surface area contributed by atoms with Crippen LogP contribution in [0.1, 0.15) is 16.7 Å². The monoisotopic (exact) mass is 469 g/mol. The molecule has 31 heavy (non-hydrogen) atoms. The van der Waals surface area contributed by atoms with E-state index in [1.807, 2.05) is 17.5 Å². The Morgan fingerprint density at radius 2 is 1.87 bits per heavy atom. The molecule has 0 fully saturated rings. The number of amides is 1. The van der Waals surface area contributed by atoms with Crippen LogP contribution in [0.25, 0.3) is 22.6 Å². The van der Waals surface area contributed by atoms with Crippen LogP contribution in [0.3, 0.4) is 0 Å². The van der Waals surface area contributed by atoms with E-state index in [2.05, 4.69) is 53.4 Å². The number of nitrogens with one attached hydrogen (secondary N) is 2. The number of hydrogen-bond donors (Lipinski definition) is 2. The van der Waals surface area contributed by atoms with Gasteiger partial charge in [0.15, 0.2) is 15.7 Å². The molecule has 0 radical (unpaired) electrons. The minimum Gasteiger partial charge on any atom is -0.300 e. The van der Waals surface area contributed by atoms with Crippen molar-refractivity contribution in [1.82, 2.24) is 19.7 Å². The lowest BCUT2D eigenvalue weighted by molar-refractivity contribution is -0.116. The van der Waals surface area contributed by atoms with E-state index in [9.17, 15) is 4.79 Å². The van der Waals surface area contributed by atoms with Crippen LogP contribution in [-0.4, -0.2) is 25.7 Å². The number of aromatic amines is 1. The molecular formula is C22H20ClN5OS2. The number of benzene rings is 2. The van der Waals surface area contributed by atoms with Gasteiger partial charge in [-0.3, -0.25) is 14.5 Å². The van der Waals surface area contributed by atoms with E-state index in [4.69, 9.17) is 23.8 Å². The number of anilines is 1. The third-order valence-electron chi connectivity index (χ3n) is 4.85. The van der Waals surface area contributed by atoms with Gasteiger partial charge in [0.1, 0.15) is 6.54 Å². The molecule has 0 unspecified atom stereocenters. The van der Waals surface area contributed by atoms with Gasteiger partial charge in [-0.15, -0.1) is 11.3 Å². The molecular weight excluding hydrogens is 450 g/mol. The van der Waals surface area contributed by atoms with E-state index < -0.39 is 0 Å². The summed E-state index contributed by atoms with van der Waals surface area (Å²) in [6.45, 7) is 6.25. The number of carbonyl (C=O) groups is 1.